The molecule has 6 heteroatoms. The molecule has 2 amide bonds. The average molecular weight is 360 g/mol. The first-order valence-electron chi connectivity index (χ1n) is 9.42. The summed E-state index contributed by atoms with van der Waals surface area (Å²) in [6.45, 7) is 4.55. The summed E-state index contributed by atoms with van der Waals surface area (Å²) in [5, 5.41) is 3.17. The van der Waals surface area contributed by atoms with Crippen molar-refractivity contribution in [2.45, 2.75) is 44.9 Å². The van der Waals surface area contributed by atoms with Crippen molar-refractivity contribution in [3.05, 3.63) is 35.9 Å². The third-order valence-corrected chi connectivity index (χ3v) is 5.25. The SMILES string of the molecule is CC(=O)N1CCC(C(=O)NC2CCOCC2OCc2ccccc2)CC1. The van der Waals surface area contributed by atoms with E-state index >= 15 is 0 Å². The summed E-state index contributed by atoms with van der Waals surface area (Å²) in [7, 11) is 0. The highest BCUT2D eigenvalue weighted by atomic mass is 16.5. The molecular formula is C20H28N2O4. The van der Waals surface area contributed by atoms with E-state index in [2.05, 4.69) is 5.32 Å². The predicted molar refractivity (Wildman–Crippen MR) is 97.4 cm³/mol. The Bertz CT molecular complexity index is 599. The van der Waals surface area contributed by atoms with Crippen LogP contribution in [0.2, 0.25) is 0 Å². The minimum atomic E-state index is -0.134. The fourth-order valence-electron chi connectivity index (χ4n) is 3.58. The Labute approximate surface area is 154 Å². The summed E-state index contributed by atoms with van der Waals surface area (Å²) in [5.41, 5.74) is 1.11. The van der Waals surface area contributed by atoms with Gasteiger partial charge in [-0.15, -0.1) is 0 Å². The van der Waals surface area contributed by atoms with Gasteiger partial charge in [0.15, 0.2) is 0 Å². The lowest BCUT2D eigenvalue weighted by Crippen LogP contribution is -2.52. The molecule has 2 unspecified atom stereocenters. The van der Waals surface area contributed by atoms with Crippen LogP contribution in [-0.4, -0.2) is 55.2 Å². The molecule has 0 aliphatic carbocycles. The number of carbonyl (C=O) groups is 2. The number of hydrogen-bond acceptors (Lipinski definition) is 4. The summed E-state index contributed by atoms with van der Waals surface area (Å²) < 4.78 is 11.6. The van der Waals surface area contributed by atoms with Crippen LogP contribution < -0.4 is 5.32 Å². The molecule has 2 aliphatic rings. The summed E-state index contributed by atoms with van der Waals surface area (Å²) in [5.74, 6) is 0.138. The van der Waals surface area contributed by atoms with Crippen LogP contribution in [-0.2, 0) is 25.7 Å². The largest absolute Gasteiger partial charge is 0.379 e. The van der Waals surface area contributed by atoms with Crippen molar-refractivity contribution >= 4 is 11.8 Å². The highest BCUT2D eigenvalue weighted by Gasteiger charge is 2.32. The first kappa shape index (κ1) is 18.9. The normalized spacial score (nSPS) is 24.3. The highest BCUT2D eigenvalue weighted by molar-refractivity contribution is 5.80. The van der Waals surface area contributed by atoms with Gasteiger partial charge in [0, 0.05) is 32.5 Å². The highest BCUT2D eigenvalue weighted by Crippen LogP contribution is 2.20. The van der Waals surface area contributed by atoms with E-state index in [0.29, 0.717) is 32.9 Å². The van der Waals surface area contributed by atoms with Gasteiger partial charge in [-0.1, -0.05) is 30.3 Å². The quantitative estimate of drug-likeness (QED) is 0.868. The zero-order valence-electron chi connectivity index (χ0n) is 15.4. The van der Waals surface area contributed by atoms with Crippen molar-refractivity contribution in [2.75, 3.05) is 26.3 Å². The number of ether oxygens (including phenoxy) is 2. The average Bonchev–Trinajstić information content (AvgIpc) is 2.68. The van der Waals surface area contributed by atoms with Gasteiger partial charge in [-0.3, -0.25) is 9.59 Å². The van der Waals surface area contributed by atoms with Crippen LogP contribution in [0.5, 0.6) is 0 Å². The molecular weight excluding hydrogens is 332 g/mol. The molecule has 2 aliphatic heterocycles. The molecule has 0 bridgehead atoms. The van der Waals surface area contributed by atoms with Gasteiger partial charge in [0.2, 0.25) is 11.8 Å². The number of nitrogens with zero attached hydrogens (tertiary/aromatic N) is 1. The van der Waals surface area contributed by atoms with Gasteiger partial charge < -0.3 is 19.7 Å². The maximum absolute atomic E-state index is 12.7. The molecule has 0 spiro atoms. The molecule has 6 nitrogen and oxygen atoms in total. The van der Waals surface area contributed by atoms with Crippen molar-refractivity contribution < 1.29 is 19.1 Å². The fourth-order valence-corrected chi connectivity index (χ4v) is 3.58. The third-order valence-electron chi connectivity index (χ3n) is 5.25. The van der Waals surface area contributed by atoms with Crippen LogP contribution >= 0.6 is 0 Å². The minimum Gasteiger partial charge on any atom is -0.379 e. The third kappa shape index (κ3) is 5.05. The molecule has 142 valence electrons. The number of hydrogen-bond donors (Lipinski definition) is 1. The van der Waals surface area contributed by atoms with E-state index in [1.165, 1.54) is 0 Å². The van der Waals surface area contributed by atoms with Crippen LogP contribution in [0.1, 0.15) is 31.7 Å². The van der Waals surface area contributed by atoms with Gasteiger partial charge in [0.25, 0.3) is 0 Å². The van der Waals surface area contributed by atoms with Crippen molar-refractivity contribution in [1.29, 1.82) is 0 Å². The number of piperidine rings is 1. The number of nitrogens with one attached hydrogen (secondary N) is 1. The molecule has 1 aromatic carbocycles. The molecule has 2 heterocycles. The van der Waals surface area contributed by atoms with Gasteiger partial charge in [0.05, 0.1) is 19.3 Å². The van der Waals surface area contributed by atoms with Crippen LogP contribution in [0.25, 0.3) is 0 Å². The van der Waals surface area contributed by atoms with E-state index < -0.39 is 0 Å². The lowest BCUT2D eigenvalue weighted by molar-refractivity contribution is -0.136. The number of benzene rings is 1. The second-order valence-electron chi connectivity index (χ2n) is 7.09. The maximum Gasteiger partial charge on any atom is 0.223 e. The molecule has 2 fully saturated rings. The number of rotatable bonds is 5. The van der Waals surface area contributed by atoms with Gasteiger partial charge in [-0.25, -0.2) is 0 Å². The second kappa shape index (κ2) is 9.14. The van der Waals surface area contributed by atoms with Gasteiger partial charge in [0.1, 0.15) is 6.10 Å². The molecule has 3 rings (SSSR count). The number of amides is 2. The van der Waals surface area contributed by atoms with Crippen molar-refractivity contribution in [2.24, 2.45) is 5.92 Å². The lowest BCUT2D eigenvalue weighted by Gasteiger charge is -2.35. The molecule has 2 saturated heterocycles. The van der Waals surface area contributed by atoms with E-state index in [9.17, 15) is 9.59 Å². The Morgan fingerprint density at radius 2 is 1.92 bits per heavy atom. The van der Waals surface area contributed by atoms with Crippen molar-refractivity contribution in [1.82, 2.24) is 10.2 Å². The van der Waals surface area contributed by atoms with Gasteiger partial charge >= 0.3 is 0 Å². The van der Waals surface area contributed by atoms with E-state index in [1.807, 2.05) is 35.2 Å². The minimum absolute atomic E-state index is 0.0224. The standard InChI is InChI=1S/C20H28N2O4/c1-15(23)22-10-7-17(8-11-22)20(24)21-18-9-12-25-14-19(18)26-13-16-5-3-2-4-6-16/h2-6,17-19H,7-14H2,1H3,(H,21,24). The Hall–Kier alpha value is -1.92. The van der Waals surface area contributed by atoms with Crippen LogP contribution in [0, 0.1) is 5.92 Å². The smallest absolute Gasteiger partial charge is 0.223 e. The summed E-state index contributed by atoms with van der Waals surface area (Å²) in [6.07, 6.45) is 2.08. The van der Waals surface area contributed by atoms with E-state index in [1.54, 1.807) is 6.92 Å². The Balaban J connectivity index is 1.50. The Kier molecular flexibility index (Phi) is 6.63. The molecule has 1 aromatic rings. The number of carbonyl (C=O) groups excluding carboxylic acids is 2. The zero-order valence-corrected chi connectivity index (χ0v) is 15.4. The summed E-state index contributed by atoms with van der Waals surface area (Å²) in [6, 6.07) is 9.99. The number of likely N-dealkylation sites (tertiary alicyclic amines) is 1. The van der Waals surface area contributed by atoms with Crippen LogP contribution in [0.15, 0.2) is 30.3 Å². The van der Waals surface area contributed by atoms with E-state index in [-0.39, 0.29) is 29.9 Å². The molecule has 2 atom stereocenters. The van der Waals surface area contributed by atoms with Gasteiger partial charge in [-0.2, -0.15) is 0 Å². The molecule has 0 aromatic heterocycles. The molecule has 26 heavy (non-hydrogen) atoms. The maximum atomic E-state index is 12.7. The summed E-state index contributed by atoms with van der Waals surface area (Å²) in [4.78, 5) is 25.9. The van der Waals surface area contributed by atoms with E-state index in [4.69, 9.17) is 9.47 Å². The van der Waals surface area contributed by atoms with Gasteiger partial charge in [-0.05, 0) is 24.8 Å². The summed E-state index contributed by atoms with van der Waals surface area (Å²) >= 11 is 0. The Morgan fingerprint density at radius 1 is 1.19 bits per heavy atom. The van der Waals surface area contributed by atoms with Crippen molar-refractivity contribution in [3.63, 3.8) is 0 Å². The molecule has 0 radical (unpaired) electrons. The zero-order chi connectivity index (χ0) is 18.4. The lowest BCUT2D eigenvalue weighted by atomic mass is 9.94. The van der Waals surface area contributed by atoms with E-state index in [0.717, 1.165) is 24.8 Å². The first-order valence-corrected chi connectivity index (χ1v) is 9.42. The van der Waals surface area contributed by atoms with Crippen LogP contribution in [0.4, 0.5) is 0 Å². The molecule has 1 N–H and O–H groups in total. The first-order chi connectivity index (χ1) is 12.6. The monoisotopic (exact) mass is 360 g/mol. The van der Waals surface area contributed by atoms with Crippen molar-refractivity contribution in [3.8, 4) is 0 Å². The topological polar surface area (TPSA) is 67.9 Å². The molecule has 0 saturated carbocycles. The predicted octanol–water partition coefficient (Wildman–Crippen LogP) is 1.74. The second-order valence-corrected chi connectivity index (χ2v) is 7.09. The van der Waals surface area contributed by atoms with Crippen LogP contribution in [0.3, 0.4) is 0 Å². The fraction of sp³-hybridized carbons (Fsp3) is 0.600. The Morgan fingerprint density at radius 3 is 2.62 bits per heavy atom.